The fourth-order valence-electron chi connectivity index (χ4n) is 5.46. The second kappa shape index (κ2) is 87.3. The van der Waals surface area contributed by atoms with Gasteiger partial charge in [-0.1, -0.05) is 96.9 Å². The molecule has 0 aliphatic carbocycles. The second-order valence-electron chi connectivity index (χ2n) is 32.3. The van der Waals surface area contributed by atoms with E-state index in [1.54, 1.807) is 90.3 Å². The van der Waals surface area contributed by atoms with Gasteiger partial charge in [0.05, 0.1) is 46.6 Å². The van der Waals surface area contributed by atoms with E-state index in [1.165, 1.54) is 56.4 Å². The standard InChI is InChI=1S/2C9H17NO3.4C8H15NO3.C8H17NO2.2C7H13NO3.C7H15NO2.C6H13NO2.C5H11NO2/c1-5-9(2,3)8(12)13-6-7(11)10-4;1-5-9(2,3)13-8(12)6-7(11)10-4;1-5-8(2,3)6(10)12-7(11)9-4;1-5-8(2,3)12-7(11)6(10)9-4;1-4-6(2)8(11)12-5-7(10)9-3;1-4-6(2)12-8(11)5-7(10)9-3;1-5-8(2,3)11-6-7(10)9-4;1-4-5(2)11-7(10)6(9)8-3;1-4-5(2)6(9)11-7(10)8-3;1-4-6(2)10-5-7(9)8-3;1-4-6(2,3)9-5(7)8;1-3-4(2)8-5(6)7/h2*5-6H2,1-4H3,(H,10,11);5H2,1-4H3,(H,9,11);5H2,1-4H3,(H,9,10);2*6H,4-5H2,1-3H3,(H,9,10);5-6H2,1-4H3,(H,9,10);5H,4H2,1-3H3,(H,8,9);5H,4H2,1-3H3,(H,8,10);6H,4-5H2,1-3H3,(H,8,9);4H2,1-3H3,(H2,7,8);4H,3H2,1-2H3,(H2,6,7). The number of hydrogen-bond donors (Lipinski definition) is 12. The number of carbonyl (C=O) groups excluding carboxylic acids is 20. The normalized spacial score (nSPS) is 11.5. The van der Waals surface area contributed by atoms with Gasteiger partial charge in [0, 0.05) is 70.5 Å². The minimum atomic E-state index is -0.829. The number of nitrogens with one attached hydrogen (secondary N) is 10. The fourth-order valence-corrected chi connectivity index (χ4v) is 5.46. The van der Waals surface area contributed by atoms with Crippen LogP contribution in [0, 0.1) is 22.7 Å². The summed E-state index contributed by atoms with van der Waals surface area (Å²) in [5.74, 6) is -7.35. The van der Waals surface area contributed by atoms with E-state index in [0.717, 1.165) is 44.9 Å². The van der Waals surface area contributed by atoms with Gasteiger partial charge in [-0.3, -0.25) is 67.1 Å². The molecular weight excluding hydrogens is 1760 g/mol. The van der Waals surface area contributed by atoms with Crippen molar-refractivity contribution in [2.45, 2.75) is 344 Å². The number of nitrogens with two attached hydrogens (primary N) is 2. The van der Waals surface area contributed by atoms with Gasteiger partial charge in [0.2, 0.25) is 23.6 Å². The topological polar surface area (TPSA) is 624 Å². The van der Waals surface area contributed by atoms with Crippen LogP contribution in [0.2, 0.25) is 0 Å². The zero-order valence-electron chi connectivity index (χ0n) is 88.4. The Morgan fingerprint density at radius 2 is 0.604 bits per heavy atom. The van der Waals surface area contributed by atoms with Crippen LogP contribution in [0.5, 0.6) is 0 Å². The molecule has 14 N–H and O–H groups in total. The zero-order valence-corrected chi connectivity index (χ0v) is 88.4. The highest BCUT2D eigenvalue weighted by Crippen LogP contribution is 2.23. The largest absolute Gasteiger partial charge is 0.462 e. The van der Waals surface area contributed by atoms with E-state index < -0.39 is 99.6 Å². The van der Waals surface area contributed by atoms with Crippen molar-refractivity contribution in [2.24, 2.45) is 34.1 Å². The molecule has 134 heavy (non-hydrogen) atoms. The molecule has 0 aromatic rings. The summed E-state index contributed by atoms with van der Waals surface area (Å²) in [5.41, 5.74) is 6.76. The summed E-state index contributed by atoms with van der Waals surface area (Å²) < 4.78 is 57.6. The molecule has 6 atom stereocenters. The van der Waals surface area contributed by atoms with Gasteiger partial charge in [-0.2, -0.15) is 0 Å². The van der Waals surface area contributed by atoms with Gasteiger partial charge < -0.3 is 121 Å². The second-order valence-corrected chi connectivity index (χ2v) is 32.3. The molecule has 0 saturated carbocycles. The van der Waals surface area contributed by atoms with Crippen LogP contribution in [-0.2, 0) is 134 Å². The minimum absolute atomic E-state index is 0.0486. The van der Waals surface area contributed by atoms with E-state index in [0.29, 0.717) is 32.1 Å². The summed E-state index contributed by atoms with van der Waals surface area (Å²) in [5, 5.41) is 23.2. The lowest BCUT2D eigenvalue weighted by molar-refractivity contribution is -0.164. The smallest absolute Gasteiger partial charge is 0.414 e. The van der Waals surface area contributed by atoms with E-state index in [2.05, 4.69) is 67.4 Å². The highest BCUT2D eigenvalue weighted by Gasteiger charge is 2.31. The molecular formula is C90H176N12O32. The van der Waals surface area contributed by atoms with Crippen molar-refractivity contribution >= 4 is 119 Å². The molecule has 0 aliphatic heterocycles. The molecule has 0 saturated heterocycles. The lowest BCUT2D eigenvalue weighted by Crippen LogP contribution is -2.36. The molecule has 6 unspecified atom stereocenters. The lowest BCUT2D eigenvalue weighted by Gasteiger charge is -2.22. The van der Waals surface area contributed by atoms with E-state index in [-0.39, 0.29) is 129 Å². The number of alkyl carbamates (subject to hydrolysis) is 2. The molecule has 44 nitrogen and oxygen atoms in total. The van der Waals surface area contributed by atoms with Crippen molar-refractivity contribution < 1.29 is 153 Å². The summed E-state index contributed by atoms with van der Waals surface area (Å²) in [7, 11) is 14.8. The number of amides is 12. The number of likely N-dealkylation sites (N-methyl/N-ethyl adjacent to an activating group) is 6. The fraction of sp³-hybridized carbons (Fsp3) is 0.778. The third kappa shape index (κ3) is 101. The van der Waals surface area contributed by atoms with Crippen LogP contribution >= 0.6 is 0 Å². The zero-order chi connectivity index (χ0) is 108. The first-order valence-electron chi connectivity index (χ1n) is 44.4. The van der Waals surface area contributed by atoms with Crippen LogP contribution in [0.3, 0.4) is 0 Å². The molecule has 0 heterocycles. The summed E-state index contributed by atoms with van der Waals surface area (Å²) in [6, 6.07) is 0. The van der Waals surface area contributed by atoms with Gasteiger partial charge in [0.1, 0.15) is 49.0 Å². The molecule has 44 heteroatoms. The van der Waals surface area contributed by atoms with Crippen LogP contribution < -0.4 is 64.6 Å². The number of hydrogen-bond acceptors (Lipinski definition) is 32. The molecule has 12 amide bonds. The van der Waals surface area contributed by atoms with E-state index in [1.807, 2.05) is 132 Å². The van der Waals surface area contributed by atoms with Crippen LogP contribution in [-0.4, -0.2) is 263 Å². The Labute approximate surface area is 797 Å². The van der Waals surface area contributed by atoms with E-state index in [9.17, 15) is 95.9 Å². The maximum absolute atomic E-state index is 11.3. The van der Waals surface area contributed by atoms with Crippen molar-refractivity contribution in [3.63, 3.8) is 0 Å². The highest BCUT2D eigenvalue weighted by molar-refractivity contribution is 6.32. The summed E-state index contributed by atoms with van der Waals surface area (Å²) in [6.45, 7) is 55.5. The third-order valence-corrected chi connectivity index (χ3v) is 18.4. The Balaban J connectivity index is -0.000000121. The van der Waals surface area contributed by atoms with E-state index >= 15 is 0 Å². The van der Waals surface area contributed by atoms with Gasteiger partial charge in [-0.05, 0) is 188 Å². The minimum Gasteiger partial charge on any atom is -0.462 e. The Morgan fingerprint density at radius 3 is 0.933 bits per heavy atom. The van der Waals surface area contributed by atoms with Crippen molar-refractivity contribution in [3.8, 4) is 0 Å². The molecule has 0 aromatic heterocycles. The average molecular weight is 1940 g/mol. The molecule has 0 fully saturated rings. The average Bonchev–Trinajstić information content (AvgIpc) is 0.893. The number of carbonyl (C=O) groups is 20. The van der Waals surface area contributed by atoms with Crippen LogP contribution in [0.4, 0.5) is 19.2 Å². The Morgan fingerprint density at radius 1 is 0.284 bits per heavy atom. The molecule has 0 rings (SSSR count). The van der Waals surface area contributed by atoms with Gasteiger partial charge >= 0.3 is 83.9 Å². The lowest BCUT2D eigenvalue weighted by atomic mass is 9.91. The van der Waals surface area contributed by atoms with Crippen molar-refractivity contribution in [1.29, 1.82) is 0 Å². The molecule has 0 spiro atoms. The molecule has 0 radical (unpaired) electrons. The number of ether oxygens (including phenoxy) is 12. The van der Waals surface area contributed by atoms with Crippen LogP contribution in [0.1, 0.15) is 298 Å². The third-order valence-electron chi connectivity index (χ3n) is 18.4. The first-order valence-corrected chi connectivity index (χ1v) is 44.4. The maximum Gasteiger partial charge on any atom is 0.414 e. The molecule has 0 aromatic carbocycles. The molecule has 0 aliphatic rings. The van der Waals surface area contributed by atoms with Gasteiger partial charge in [-0.25, -0.2) is 28.8 Å². The number of rotatable bonds is 36. The number of primary amides is 2. The maximum atomic E-state index is 11.3. The van der Waals surface area contributed by atoms with Crippen molar-refractivity contribution in [2.75, 3.05) is 96.9 Å². The molecule has 788 valence electrons. The first kappa shape index (κ1) is 149. The highest BCUT2D eigenvalue weighted by atomic mass is 16.6. The number of esters is 8. The van der Waals surface area contributed by atoms with E-state index in [4.69, 9.17) is 54.1 Å². The van der Waals surface area contributed by atoms with Crippen LogP contribution in [0.15, 0.2) is 0 Å². The van der Waals surface area contributed by atoms with Gasteiger partial charge in [0.25, 0.3) is 11.8 Å². The first-order chi connectivity index (χ1) is 61.5. The predicted molar refractivity (Wildman–Crippen MR) is 506 cm³/mol. The predicted octanol–water partition coefficient (Wildman–Crippen LogP) is 8.75. The Kier molecular flexibility index (Phi) is 96.7. The van der Waals surface area contributed by atoms with Crippen molar-refractivity contribution in [3.05, 3.63) is 0 Å². The summed E-state index contributed by atoms with van der Waals surface area (Å²) in [4.78, 5) is 215. The molecule has 0 bridgehead atoms. The van der Waals surface area contributed by atoms with Gasteiger partial charge in [0.15, 0.2) is 13.2 Å². The monoisotopic (exact) mass is 1940 g/mol. The van der Waals surface area contributed by atoms with Crippen LogP contribution in [0.25, 0.3) is 0 Å². The summed E-state index contributed by atoms with van der Waals surface area (Å²) in [6.07, 6.45) is 5.67. The quantitative estimate of drug-likeness (QED) is 0.0121. The Hall–Kier alpha value is -11.1. The van der Waals surface area contributed by atoms with Gasteiger partial charge in [-0.15, -0.1) is 0 Å². The SMILES string of the molecule is CCC(C)(C)C(=O)OC(=O)NC.CCC(C)(C)C(=O)OCC(=O)NC.CCC(C)(C)OC(=O)C(=O)NC.CCC(C)(C)OC(=O)CC(=O)NC.CCC(C)(C)OC(N)=O.CCC(C)(C)OCC(=O)NC.CCC(C)C(=O)OC(=O)NC.CCC(C)C(=O)OCC(=O)NC.CCC(C)OC(=O)C(=O)NC.CCC(C)OC(=O)CC(=O)NC.CCC(C)OC(N)=O.CCC(C)OCC(=O)NC. The Bertz CT molecular complexity index is 3370. The summed E-state index contributed by atoms with van der Waals surface area (Å²) >= 11 is 0. The van der Waals surface area contributed by atoms with Crippen molar-refractivity contribution in [1.82, 2.24) is 53.2 Å².